The zero-order valence-electron chi connectivity index (χ0n) is 12.1. The van der Waals surface area contributed by atoms with Gasteiger partial charge in [-0.05, 0) is 33.1 Å². The van der Waals surface area contributed by atoms with Crippen LogP contribution in [0.1, 0.15) is 66.9 Å². The number of rotatable bonds is 6. The third kappa shape index (κ3) is 2.60. The van der Waals surface area contributed by atoms with E-state index in [-0.39, 0.29) is 6.04 Å². The van der Waals surface area contributed by atoms with Gasteiger partial charge in [0.1, 0.15) is 5.76 Å². The lowest BCUT2D eigenvalue weighted by molar-refractivity contribution is 0.350. The normalized spacial score (nSPS) is 16.6. The van der Waals surface area contributed by atoms with Crippen molar-refractivity contribution in [1.82, 2.24) is 20.6 Å². The highest BCUT2D eigenvalue weighted by Gasteiger charge is 2.29. The Morgan fingerprint density at radius 1 is 1.25 bits per heavy atom. The summed E-state index contributed by atoms with van der Waals surface area (Å²) in [7, 11) is 0. The molecule has 0 bridgehead atoms. The van der Waals surface area contributed by atoms with Gasteiger partial charge in [-0.3, -0.25) is 0 Å². The average Bonchev–Trinajstić information content (AvgIpc) is 3.11. The summed E-state index contributed by atoms with van der Waals surface area (Å²) in [6.07, 6.45) is 3.32. The smallest absolute Gasteiger partial charge is 0.240 e. The molecule has 1 aliphatic rings. The van der Waals surface area contributed by atoms with Crippen LogP contribution in [0.4, 0.5) is 0 Å². The maximum atomic E-state index is 5.28. The molecular weight excluding hydrogens is 256 g/mol. The van der Waals surface area contributed by atoms with E-state index < -0.39 is 0 Å². The topological polar surface area (TPSA) is 77.0 Å². The van der Waals surface area contributed by atoms with E-state index >= 15 is 0 Å². The van der Waals surface area contributed by atoms with Crippen molar-refractivity contribution in [2.45, 2.75) is 58.5 Å². The van der Waals surface area contributed by atoms with Gasteiger partial charge in [0.15, 0.2) is 5.82 Å². The Morgan fingerprint density at radius 2 is 2.05 bits per heavy atom. The largest absolute Gasteiger partial charge is 0.361 e. The average molecular weight is 276 g/mol. The molecule has 0 spiro atoms. The van der Waals surface area contributed by atoms with Crippen LogP contribution in [0.5, 0.6) is 0 Å². The first-order valence-electron chi connectivity index (χ1n) is 7.17. The second-order valence-corrected chi connectivity index (χ2v) is 5.40. The van der Waals surface area contributed by atoms with Crippen LogP contribution in [0, 0.1) is 13.8 Å². The lowest BCUT2D eigenvalue weighted by Gasteiger charge is -2.15. The fraction of sp³-hybridized carbons (Fsp3) is 0.643. The molecule has 1 aliphatic carbocycles. The van der Waals surface area contributed by atoms with Crippen molar-refractivity contribution in [3.63, 3.8) is 0 Å². The predicted octanol–water partition coefficient (Wildman–Crippen LogP) is 2.79. The highest BCUT2D eigenvalue weighted by atomic mass is 16.5. The van der Waals surface area contributed by atoms with Crippen molar-refractivity contribution >= 4 is 0 Å². The first kappa shape index (κ1) is 13.3. The van der Waals surface area contributed by atoms with Gasteiger partial charge in [0.05, 0.1) is 12.2 Å². The Balaban J connectivity index is 1.65. The second-order valence-electron chi connectivity index (χ2n) is 5.40. The second kappa shape index (κ2) is 5.36. The number of hydrogen-bond donors (Lipinski definition) is 1. The molecule has 0 amide bonds. The van der Waals surface area contributed by atoms with Crippen molar-refractivity contribution in [3.05, 3.63) is 28.7 Å². The van der Waals surface area contributed by atoms with Crippen molar-refractivity contribution in [3.8, 4) is 0 Å². The zero-order valence-corrected chi connectivity index (χ0v) is 12.1. The molecule has 0 aliphatic heterocycles. The van der Waals surface area contributed by atoms with Gasteiger partial charge < -0.3 is 14.4 Å². The monoisotopic (exact) mass is 276 g/mol. The van der Waals surface area contributed by atoms with Gasteiger partial charge in [-0.15, -0.1) is 0 Å². The Morgan fingerprint density at radius 3 is 2.65 bits per heavy atom. The van der Waals surface area contributed by atoms with E-state index in [2.05, 4.69) is 27.5 Å². The summed E-state index contributed by atoms with van der Waals surface area (Å²) in [6, 6.07) is 0.192. The summed E-state index contributed by atoms with van der Waals surface area (Å²) < 4.78 is 10.5. The predicted molar refractivity (Wildman–Crippen MR) is 72.1 cm³/mol. The lowest BCUT2D eigenvalue weighted by Crippen LogP contribution is -2.21. The SMILES string of the molecule is CC[C@H](NCc1nc(C2CC2)no1)c1c(C)noc1C. The fourth-order valence-electron chi connectivity index (χ4n) is 2.50. The molecule has 108 valence electrons. The number of nitrogens with zero attached hydrogens (tertiary/aromatic N) is 3. The molecule has 2 aromatic rings. The Bertz CT molecular complexity index is 566. The van der Waals surface area contributed by atoms with E-state index in [0.29, 0.717) is 18.4 Å². The van der Waals surface area contributed by atoms with Crippen LogP contribution in [-0.4, -0.2) is 15.3 Å². The molecule has 6 heteroatoms. The van der Waals surface area contributed by atoms with Crippen LogP contribution < -0.4 is 5.32 Å². The number of aryl methyl sites for hydroxylation is 2. The Hall–Kier alpha value is -1.69. The fourth-order valence-corrected chi connectivity index (χ4v) is 2.50. The van der Waals surface area contributed by atoms with Crippen LogP contribution in [0.3, 0.4) is 0 Å². The van der Waals surface area contributed by atoms with Crippen LogP contribution in [0.25, 0.3) is 0 Å². The maximum absolute atomic E-state index is 5.28. The molecule has 2 heterocycles. The van der Waals surface area contributed by atoms with Crippen LogP contribution in [0.2, 0.25) is 0 Å². The summed E-state index contributed by atoms with van der Waals surface area (Å²) in [6.45, 7) is 6.61. The molecule has 6 nitrogen and oxygen atoms in total. The molecule has 3 rings (SSSR count). The summed E-state index contributed by atoms with van der Waals surface area (Å²) in [5.74, 6) is 2.90. The van der Waals surface area contributed by atoms with Crippen molar-refractivity contribution < 1.29 is 9.05 Å². The van der Waals surface area contributed by atoms with Gasteiger partial charge in [0, 0.05) is 17.5 Å². The molecule has 1 saturated carbocycles. The standard InChI is InChI=1S/C14H20N4O2/c1-4-11(13-8(2)17-19-9(13)3)15-7-12-16-14(18-20-12)10-5-6-10/h10-11,15H,4-7H2,1-3H3/t11-/m0/s1. The molecule has 0 unspecified atom stereocenters. The highest BCUT2D eigenvalue weighted by molar-refractivity contribution is 5.24. The lowest BCUT2D eigenvalue weighted by atomic mass is 10.0. The number of aromatic nitrogens is 3. The quantitative estimate of drug-likeness (QED) is 0.874. The van der Waals surface area contributed by atoms with E-state index in [1.807, 2.05) is 13.8 Å². The third-order valence-corrected chi connectivity index (χ3v) is 3.77. The van der Waals surface area contributed by atoms with Crippen molar-refractivity contribution in [2.75, 3.05) is 0 Å². The molecule has 1 fully saturated rings. The summed E-state index contributed by atoms with van der Waals surface area (Å²) in [5.41, 5.74) is 2.07. The minimum Gasteiger partial charge on any atom is -0.361 e. The summed E-state index contributed by atoms with van der Waals surface area (Å²) in [4.78, 5) is 4.43. The minimum atomic E-state index is 0.192. The third-order valence-electron chi connectivity index (χ3n) is 3.77. The van der Waals surface area contributed by atoms with E-state index in [1.54, 1.807) is 0 Å². The van der Waals surface area contributed by atoms with Crippen LogP contribution in [0.15, 0.2) is 9.05 Å². The molecule has 0 radical (unpaired) electrons. The first-order chi connectivity index (χ1) is 9.69. The molecule has 2 aromatic heterocycles. The van der Waals surface area contributed by atoms with E-state index in [1.165, 1.54) is 12.8 Å². The highest BCUT2D eigenvalue weighted by Crippen LogP contribution is 2.38. The molecule has 0 saturated heterocycles. The van der Waals surface area contributed by atoms with Gasteiger partial charge in [0.2, 0.25) is 5.89 Å². The molecule has 20 heavy (non-hydrogen) atoms. The van der Waals surface area contributed by atoms with Crippen molar-refractivity contribution in [1.29, 1.82) is 0 Å². The Labute approximate surface area is 117 Å². The van der Waals surface area contributed by atoms with Crippen LogP contribution in [-0.2, 0) is 6.54 Å². The number of nitrogens with one attached hydrogen (secondary N) is 1. The van der Waals surface area contributed by atoms with Crippen LogP contribution >= 0.6 is 0 Å². The van der Waals surface area contributed by atoms with Gasteiger partial charge >= 0.3 is 0 Å². The van der Waals surface area contributed by atoms with Gasteiger partial charge in [-0.25, -0.2) is 0 Å². The van der Waals surface area contributed by atoms with E-state index in [4.69, 9.17) is 9.05 Å². The zero-order chi connectivity index (χ0) is 14.1. The van der Waals surface area contributed by atoms with Gasteiger partial charge in [0.25, 0.3) is 0 Å². The first-order valence-corrected chi connectivity index (χ1v) is 7.17. The summed E-state index contributed by atoms with van der Waals surface area (Å²) in [5, 5.41) is 11.5. The minimum absolute atomic E-state index is 0.192. The molecule has 1 atom stereocenters. The molecule has 0 aromatic carbocycles. The number of hydrogen-bond acceptors (Lipinski definition) is 6. The Kier molecular flexibility index (Phi) is 3.56. The van der Waals surface area contributed by atoms with Crippen molar-refractivity contribution in [2.24, 2.45) is 0 Å². The van der Waals surface area contributed by atoms with Gasteiger partial charge in [-0.1, -0.05) is 17.2 Å². The van der Waals surface area contributed by atoms with E-state index in [0.717, 1.165) is 29.3 Å². The summed E-state index contributed by atoms with van der Waals surface area (Å²) >= 11 is 0. The maximum Gasteiger partial charge on any atom is 0.240 e. The van der Waals surface area contributed by atoms with E-state index in [9.17, 15) is 0 Å². The molecular formula is C14H20N4O2. The molecule has 1 N–H and O–H groups in total. The van der Waals surface area contributed by atoms with Gasteiger partial charge in [-0.2, -0.15) is 4.98 Å².